The standard InChI is InChI=1S/C25H19FN2O3/c1-30-20-11-12-24-17(13-20)14-21(25(29)31-24)22-15-23(16-5-3-2-4-6-16)28(27-22)19-9-7-18(26)8-10-19/h2-14,23H,15H2,1H3. The molecular weight excluding hydrogens is 395 g/mol. The predicted molar refractivity (Wildman–Crippen MR) is 118 cm³/mol. The molecule has 154 valence electrons. The van der Waals surface area contributed by atoms with Gasteiger partial charge in [0.15, 0.2) is 0 Å². The highest BCUT2D eigenvalue weighted by Crippen LogP contribution is 2.36. The van der Waals surface area contributed by atoms with Gasteiger partial charge in [0, 0.05) is 11.8 Å². The summed E-state index contributed by atoms with van der Waals surface area (Å²) >= 11 is 0. The van der Waals surface area contributed by atoms with E-state index in [2.05, 4.69) is 0 Å². The molecule has 0 saturated heterocycles. The fraction of sp³-hybridized carbons (Fsp3) is 0.120. The SMILES string of the molecule is COc1ccc2oc(=O)c(C3=NN(c4ccc(F)cc4)C(c4ccccc4)C3)cc2c1. The zero-order valence-electron chi connectivity index (χ0n) is 16.8. The van der Waals surface area contributed by atoms with E-state index in [0.717, 1.165) is 16.6 Å². The van der Waals surface area contributed by atoms with E-state index in [1.54, 1.807) is 37.4 Å². The Bertz CT molecular complexity index is 1330. The van der Waals surface area contributed by atoms with Crippen LogP contribution >= 0.6 is 0 Å². The summed E-state index contributed by atoms with van der Waals surface area (Å²) in [6.45, 7) is 0. The molecule has 3 aromatic carbocycles. The van der Waals surface area contributed by atoms with E-state index in [-0.39, 0.29) is 11.9 Å². The van der Waals surface area contributed by atoms with Crippen molar-refractivity contribution < 1.29 is 13.5 Å². The van der Waals surface area contributed by atoms with Crippen LogP contribution in [0, 0.1) is 5.82 Å². The molecule has 1 atom stereocenters. The van der Waals surface area contributed by atoms with Crippen molar-refractivity contribution in [3.8, 4) is 5.75 Å². The highest BCUT2D eigenvalue weighted by molar-refractivity contribution is 6.04. The van der Waals surface area contributed by atoms with Gasteiger partial charge in [0.05, 0.1) is 30.1 Å². The van der Waals surface area contributed by atoms with Gasteiger partial charge in [0.2, 0.25) is 0 Å². The monoisotopic (exact) mass is 414 g/mol. The lowest BCUT2D eigenvalue weighted by Gasteiger charge is -2.23. The Hall–Kier alpha value is -3.93. The van der Waals surface area contributed by atoms with Crippen molar-refractivity contribution in [2.45, 2.75) is 12.5 Å². The molecule has 1 aliphatic heterocycles. The molecule has 6 heteroatoms. The summed E-state index contributed by atoms with van der Waals surface area (Å²) in [5.41, 5.74) is 2.88. The van der Waals surface area contributed by atoms with Crippen LogP contribution in [0.4, 0.5) is 10.1 Å². The number of anilines is 1. The van der Waals surface area contributed by atoms with Crippen LogP contribution in [-0.2, 0) is 0 Å². The Morgan fingerprint density at radius 3 is 2.55 bits per heavy atom. The van der Waals surface area contributed by atoms with Gasteiger partial charge in [-0.25, -0.2) is 9.18 Å². The fourth-order valence-corrected chi connectivity index (χ4v) is 3.87. The first-order valence-corrected chi connectivity index (χ1v) is 9.92. The minimum Gasteiger partial charge on any atom is -0.497 e. The van der Waals surface area contributed by atoms with Gasteiger partial charge in [-0.2, -0.15) is 5.10 Å². The number of hydrogen-bond donors (Lipinski definition) is 0. The molecule has 0 fully saturated rings. The van der Waals surface area contributed by atoms with E-state index in [1.165, 1.54) is 12.1 Å². The van der Waals surface area contributed by atoms with Crippen molar-refractivity contribution in [2.75, 3.05) is 12.1 Å². The molecule has 0 spiro atoms. The number of halogens is 1. The minimum absolute atomic E-state index is 0.123. The molecule has 4 aromatic rings. The molecule has 1 aliphatic rings. The maximum Gasteiger partial charge on any atom is 0.345 e. The lowest BCUT2D eigenvalue weighted by molar-refractivity contribution is 0.415. The molecule has 0 amide bonds. The van der Waals surface area contributed by atoms with Crippen molar-refractivity contribution in [2.24, 2.45) is 5.10 Å². The van der Waals surface area contributed by atoms with Gasteiger partial charge in [0.25, 0.3) is 0 Å². The molecule has 5 rings (SSSR count). The first kappa shape index (κ1) is 19.1. The van der Waals surface area contributed by atoms with Crippen molar-refractivity contribution in [3.05, 3.63) is 106 Å². The molecular formula is C25H19FN2O3. The Labute approximate surface area is 178 Å². The summed E-state index contributed by atoms with van der Waals surface area (Å²) in [6, 6.07) is 23.1. The van der Waals surface area contributed by atoms with Crippen LogP contribution in [0.15, 0.2) is 93.2 Å². The van der Waals surface area contributed by atoms with E-state index >= 15 is 0 Å². The third-order valence-corrected chi connectivity index (χ3v) is 5.44. The fourth-order valence-electron chi connectivity index (χ4n) is 3.87. The van der Waals surface area contributed by atoms with Crippen LogP contribution in [0.3, 0.4) is 0 Å². The molecule has 1 aromatic heterocycles. The summed E-state index contributed by atoms with van der Waals surface area (Å²) in [6.07, 6.45) is 0.516. The van der Waals surface area contributed by atoms with Crippen molar-refractivity contribution >= 4 is 22.4 Å². The maximum atomic E-state index is 13.5. The number of benzene rings is 3. The zero-order chi connectivity index (χ0) is 21.4. The molecule has 5 nitrogen and oxygen atoms in total. The molecule has 0 radical (unpaired) electrons. The maximum absolute atomic E-state index is 13.5. The topological polar surface area (TPSA) is 55.0 Å². The Morgan fingerprint density at radius 1 is 1.03 bits per heavy atom. The van der Waals surface area contributed by atoms with Crippen molar-refractivity contribution in [1.29, 1.82) is 0 Å². The average Bonchev–Trinajstić information content (AvgIpc) is 3.24. The molecule has 1 unspecified atom stereocenters. The number of fused-ring (bicyclic) bond motifs is 1. The van der Waals surface area contributed by atoms with Crippen LogP contribution in [0.1, 0.15) is 23.6 Å². The smallest absolute Gasteiger partial charge is 0.345 e. The summed E-state index contributed by atoms with van der Waals surface area (Å²) in [4.78, 5) is 12.8. The second kappa shape index (κ2) is 7.72. The van der Waals surface area contributed by atoms with E-state index in [9.17, 15) is 9.18 Å². The molecule has 0 N–H and O–H groups in total. The lowest BCUT2D eigenvalue weighted by atomic mass is 9.98. The summed E-state index contributed by atoms with van der Waals surface area (Å²) in [5.74, 6) is 0.364. The van der Waals surface area contributed by atoms with Gasteiger partial charge in [-0.3, -0.25) is 5.01 Å². The quantitative estimate of drug-likeness (QED) is 0.426. The average molecular weight is 414 g/mol. The van der Waals surface area contributed by atoms with Gasteiger partial charge in [-0.05, 0) is 54.1 Å². The van der Waals surface area contributed by atoms with E-state index in [1.807, 2.05) is 41.4 Å². The molecule has 0 bridgehead atoms. The molecule has 2 heterocycles. The van der Waals surface area contributed by atoms with Crippen LogP contribution in [0.25, 0.3) is 11.0 Å². The van der Waals surface area contributed by atoms with Gasteiger partial charge in [-0.1, -0.05) is 30.3 Å². The van der Waals surface area contributed by atoms with Crippen molar-refractivity contribution in [1.82, 2.24) is 0 Å². The van der Waals surface area contributed by atoms with Gasteiger partial charge < -0.3 is 9.15 Å². The minimum atomic E-state index is -0.441. The highest BCUT2D eigenvalue weighted by atomic mass is 19.1. The third-order valence-electron chi connectivity index (χ3n) is 5.44. The zero-order valence-corrected chi connectivity index (χ0v) is 16.8. The molecule has 0 aliphatic carbocycles. The van der Waals surface area contributed by atoms with E-state index < -0.39 is 5.63 Å². The van der Waals surface area contributed by atoms with Crippen LogP contribution < -0.4 is 15.4 Å². The van der Waals surface area contributed by atoms with E-state index in [0.29, 0.717) is 29.0 Å². The van der Waals surface area contributed by atoms with Gasteiger partial charge >= 0.3 is 5.63 Å². The van der Waals surface area contributed by atoms with Gasteiger partial charge in [-0.15, -0.1) is 0 Å². The first-order valence-electron chi connectivity index (χ1n) is 9.92. The number of rotatable bonds is 4. The Kier molecular flexibility index (Phi) is 4.75. The largest absolute Gasteiger partial charge is 0.497 e. The molecule has 31 heavy (non-hydrogen) atoms. The summed E-state index contributed by atoms with van der Waals surface area (Å²) in [7, 11) is 1.59. The lowest BCUT2D eigenvalue weighted by Crippen LogP contribution is -2.18. The number of methoxy groups -OCH3 is 1. The van der Waals surface area contributed by atoms with Crippen LogP contribution in [-0.4, -0.2) is 12.8 Å². The Morgan fingerprint density at radius 2 is 1.81 bits per heavy atom. The van der Waals surface area contributed by atoms with Crippen LogP contribution in [0.2, 0.25) is 0 Å². The van der Waals surface area contributed by atoms with E-state index in [4.69, 9.17) is 14.3 Å². The summed E-state index contributed by atoms with van der Waals surface area (Å²) < 4.78 is 24.3. The number of hydrazone groups is 1. The number of hydrogen-bond acceptors (Lipinski definition) is 5. The predicted octanol–water partition coefficient (Wildman–Crippen LogP) is 5.30. The highest BCUT2D eigenvalue weighted by Gasteiger charge is 2.31. The second-order valence-corrected chi connectivity index (χ2v) is 7.35. The van der Waals surface area contributed by atoms with Crippen molar-refractivity contribution in [3.63, 3.8) is 0 Å². The third kappa shape index (κ3) is 3.57. The first-order chi connectivity index (χ1) is 15.1. The number of ether oxygens (including phenoxy) is 1. The Balaban J connectivity index is 1.61. The van der Waals surface area contributed by atoms with Crippen LogP contribution in [0.5, 0.6) is 5.75 Å². The number of nitrogens with zero attached hydrogens (tertiary/aromatic N) is 2. The molecule has 0 saturated carbocycles. The summed E-state index contributed by atoms with van der Waals surface area (Å²) in [5, 5.41) is 7.35. The second-order valence-electron chi connectivity index (χ2n) is 7.35. The normalized spacial score (nSPS) is 15.9. The van der Waals surface area contributed by atoms with Gasteiger partial charge in [0.1, 0.15) is 17.1 Å².